The molecule has 2 fully saturated rings. The zero-order valence-corrected chi connectivity index (χ0v) is 20.1. The Labute approximate surface area is 199 Å². The fourth-order valence-corrected chi connectivity index (χ4v) is 5.35. The number of ether oxygens (including phenoxy) is 2. The van der Waals surface area contributed by atoms with E-state index in [-0.39, 0.29) is 11.8 Å². The smallest absolute Gasteiger partial charge is 0.223 e. The van der Waals surface area contributed by atoms with Crippen LogP contribution < -0.4 is 14.8 Å². The quantitative estimate of drug-likeness (QED) is 0.402. The number of benzene rings is 2. The van der Waals surface area contributed by atoms with E-state index < -0.39 is 0 Å². The maximum atomic E-state index is 12.5. The van der Waals surface area contributed by atoms with Crippen LogP contribution in [-0.4, -0.2) is 25.7 Å². The van der Waals surface area contributed by atoms with Gasteiger partial charge >= 0.3 is 0 Å². The molecule has 1 aliphatic carbocycles. The summed E-state index contributed by atoms with van der Waals surface area (Å²) in [5.74, 6) is 2.33. The molecular weight excluding hydrogens is 410 g/mol. The van der Waals surface area contributed by atoms with Crippen LogP contribution in [0.15, 0.2) is 48.5 Å². The van der Waals surface area contributed by atoms with Crippen LogP contribution in [0.2, 0.25) is 0 Å². The summed E-state index contributed by atoms with van der Waals surface area (Å²) in [6.45, 7) is 0.710. The van der Waals surface area contributed by atoms with Gasteiger partial charge in [0.2, 0.25) is 5.91 Å². The van der Waals surface area contributed by atoms with E-state index >= 15 is 0 Å². The van der Waals surface area contributed by atoms with E-state index in [0.29, 0.717) is 18.6 Å². The lowest BCUT2D eigenvalue weighted by molar-refractivity contribution is -0.127. The number of carbonyl (C=O) groups excluding carboxylic acids is 1. The van der Waals surface area contributed by atoms with E-state index in [9.17, 15) is 4.79 Å². The van der Waals surface area contributed by atoms with Crippen LogP contribution in [0.1, 0.15) is 81.3 Å². The largest absolute Gasteiger partial charge is 0.493 e. The molecule has 0 radical (unpaired) electrons. The molecule has 178 valence electrons. The van der Waals surface area contributed by atoms with Gasteiger partial charge in [0.25, 0.3) is 0 Å². The lowest BCUT2D eigenvalue weighted by atomic mass is 9.82. The van der Waals surface area contributed by atoms with Crippen molar-refractivity contribution in [2.75, 3.05) is 13.7 Å². The minimum absolute atomic E-state index is 0.110. The second-order valence-electron chi connectivity index (χ2n) is 9.75. The van der Waals surface area contributed by atoms with E-state index in [1.165, 1.54) is 43.2 Å². The van der Waals surface area contributed by atoms with Crippen molar-refractivity contribution in [2.45, 2.75) is 82.7 Å². The van der Waals surface area contributed by atoms with Crippen molar-refractivity contribution >= 4 is 5.91 Å². The molecule has 2 atom stereocenters. The van der Waals surface area contributed by atoms with Gasteiger partial charge in [0.05, 0.1) is 13.2 Å². The number of piperidine rings is 1. The molecule has 2 aromatic rings. The molecule has 4 heteroatoms. The minimum Gasteiger partial charge on any atom is -0.493 e. The fourth-order valence-electron chi connectivity index (χ4n) is 5.35. The van der Waals surface area contributed by atoms with E-state index in [0.717, 1.165) is 50.0 Å². The third-order valence-corrected chi connectivity index (χ3v) is 7.33. The monoisotopic (exact) mass is 449 g/mol. The van der Waals surface area contributed by atoms with Crippen molar-refractivity contribution in [1.29, 1.82) is 0 Å². The molecule has 4 rings (SSSR count). The van der Waals surface area contributed by atoms with Gasteiger partial charge in [-0.15, -0.1) is 0 Å². The van der Waals surface area contributed by atoms with Gasteiger partial charge in [0, 0.05) is 18.4 Å². The molecule has 4 nitrogen and oxygen atoms in total. The van der Waals surface area contributed by atoms with E-state index in [2.05, 4.69) is 47.8 Å². The van der Waals surface area contributed by atoms with Crippen molar-refractivity contribution in [3.63, 3.8) is 0 Å². The summed E-state index contributed by atoms with van der Waals surface area (Å²) < 4.78 is 11.9. The molecule has 2 aromatic carbocycles. The Morgan fingerprint density at radius 3 is 2.52 bits per heavy atom. The Bertz CT molecular complexity index is 876. The molecule has 1 heterocycles. The number of carbonyl (C=O) groups is 1. The van der Waals surface area contributed by atoms with Gasteiger partial charge < -0.3 is 14.8 Å². The molecule has 0 unspecified atom stereocenters. The van der Waals surface area contributed by atoms with Crippen LogP contribution >= 0.6 is 0 Å². The number of hydrogen-bond donors (Lipinski definition) is 1. The summed E-state index contributed by atoms with van der Waals surface area (Å²) in [6.07, 6.45) is 12.9. The summed E-state index contributed by atoms with van der Waals surface area (Å²) >= 11 is 0. The summed E-state index contributed by atoms with van der Waals surface area (Å²) in [5, 5.41) is 3.16. The molecule has 0 bridgehead atoms. The van der Waals surface area contributed by atoms with Gasteiger partial charge in [-0.2, -0.15) is 0 Å². The minimum atomic E-state index is 0.110. The number of amides is 1. The van der Waals surface area contributed by atoms with Crippen LogP contribution in [-0.2, 0) is 11.2 Å². The van der Waals surface area contributed by atoms with Crippen molar-refractivity contribution in [3.8, 4) is 11.5 Å². The molecular formula is C29H39NO3. The first-order valence-electron chi connectivity index (χ1n) is 12.9. The maximum Gasteiger partial charge on any atom is 0.223 e. The number of unbranched alkanes of at least 4 members (excludes halogenated alkanes) is 3. The molecule has 33 heavy (non-hydrogen) atoms. The number of aryl methyl sites for hydroxylation is 1. The second-order valence-corrected chi connectivity index (χ2v) is 9.75. The zero-order valence-electron chi connectivity index (χ0n) is 20.1. The second kappa shape index (κ2) is 12.1. The highest BCUT2D eigenvalue weighted by molar-refractivity contribution is 5.79. The zero-order chi connectivity index (χ0) is 22.9. The molecule has 1 aliphatic heterocycles. The molecule has 0 spiro atoms. The molecule has 2 aliphatic rings. The van der Waals surface area contributed by atoms with Gasteiger partial charge in [0.1, 0.15) is 0 Å². The van der Waals surface area contributed by atoms with Gasteiger partial charge in [-0.25, -0.2) is 0 Å². The molecule has 1 N–H and O–H groups in total. The van der Waals surface area contributed by atoms with Crippen molar-refractivity contribution < 1.29 is 14.3 Å². The average Bonchev–Trinajstić information content (AvgIpc) is 3.36. The molecule has 1 saturated heterocycles. The Morgan fingerprint density at radius 2 is 1.73 bits per heavy atom. The van der Waals surface area contributed by atoms with Crippen LogP contribution in [0.5, 0.6) is 11.5 Å². The van der Waals surface area contributed by atoms with E-state index in [1.54, 1.807) is 7.11 Å². The fraction of sp³-hybridized carbons (Fsp3) is 0.552. The Morgan fingerprint density at radius 1 is 0.939 bits per heavy atom. The topological polar surface area (TPSA) is 47.6 Å². The standard InChI is InChI=1S/C29H39NO3/c1-32-27-18-17-23(20-28(27)33-26-15-9-10-16-26)25-19-24(29(31)30-21-25)14-8-3-2-5-11-22-12-6-4-7-13-22/h4,6-7,12-13,17-18,20,24-26H,2-3,5,8-11,14-16,19,21H2,1H3,(H,30,31)/t24-,25+/m0/s1. The normalized spacial score (nSPS) is 21.1. The maximum absolute atomic E-state index is 12.5. The first-order chi connectivity index (χ1) is 16.2. The summed E-state index contributed by atoms with van der Waals surface area (Å²) in [4.78, 5) is 12.5. The number of rotatable bonds is 11. The number of nitrogens with one attached hydrogen (secondary N) is 1. The van der Waals surface area contributed by atoms with E-state index in [1.807, 2.05) is 6.07 Å². The number of hydrogen-bond acceptors (Lipinski definition) is 3. The van der Waals surface area contributed by atoms with Gasteiger partial charge in [-0.3, -0.25) is 4.79 Å². The van der Waals surface area contributed by atoms with Crippen LogP contribution in [0, 0.1) is 5.92 Å². The molecule has 1 amide bonds. The third kappa shape index (κ3) is 6.75. The van der Waals surface area contributed by atoms with Crippen LogP contribution in [0.25, 0.3) is 0 Å². The molecule has 0 aromatic heterocycles. The van der Waals surface area contributed by atoms with Gasteiger partial charge in [-0.1, -0.05) is 55.7 Å². The van der Waals surface area contributed by atoms with Crippen molar-refractivity contribution in [3.05, 3.63) is 59.7 Å². The van der Waals surface area contributed by atoms with E-state index in [4.69, 9.17) is 9.47 Å². The number of methoxy groups -OCH3 is 1. The van der Waals surface area contributed by atoms with Crippen molar-refractivity contribution in [1.82, 2.24) is 5.32 Å². The Balaban J connectivity index is 1.26. The van der Waals surface area contributed by atoms with Crippen LogP contribution in [0.3, 0.4) is 0 Å². The predicted molar refractivity (Wildman–Crippen MR) is 133 cm³/mol. The summed E-state index contributed by atoms with van der Waals surface area (Å²) in [7, 11) is 1.70. The highest BCUT2D eigenvalue weighted by atomic mass is 16.5. The van der Waals surface area contributed by atoms with Gasteiger partial charge in [-0.05, 0) is 74.6 Å². The third-order valence-electron chi connectivity index (χ3n) is 7.33. The van der Waals surface area contributed by atoms with Crippen molar-refractivity contribution in [2.24, 2.45) is 5.92 Å². The first-order valence-corrected chi connectivity index (χ1v) is 12.9. The summed E-state index contributed by atoms with van der Waals surface area (Å²) in [5.41, 5.74) is 2.67. The highest BCUT2D eigenvalue weighted by Crippen LogP contribution is 2.37. The lowest BCUT2D eigenvalue weighted by Gasteiger charge is -2.30. The average molecular weight is 450 g/mol. The summed E-state index contributed by atoms with van der Waals surface area (Å²) in [6, 6.07) is 17.0. The Hall–Kier alpha value is -2.49. The molecule has 1 saturated carbocycles. The Kier molecular flexibility index (Phi) is 8.68. The van der Waals surface area contributed by atoms with Crippen LogP contribution in [0.4, 0.5) is 0 Å². The van der Waals surface area contributed by atoms with Gasteiger partial charge in [0.15, 0.2) is 11.5 Å². The predicted octanol–water partition coefficient (Wildman–Crippen LogP) is 6.43. The lowest BCUT2D eigenvalue weighted by Crippen LogP contribution is -2.40. The SMILES string of the molecule is COc1ccc([C@H]2CNC(=O)[C@@H](CCCCCCc3ccccc3)C2)cc1OC1CCCC1. The first kappa shape index (κ1) is 23.7. The highest BCUT2D eigenvalue weighted by Gasteiger charge is 2.29.